The summed E-state index contributed by atoms with van der Waals surface area (Å²) in [5, 5.41) is 9.06. The Kier molecular flexibility index (Phi) is 4.15. The molecule has 0 aliphatic carbocycles. The van der Waals surface area contributed by atoms with E-state index in [1.54, 1.807) is 4.90 Å². The minimum Gasteiger partial charge on any atom is -0.444 e. The molecule has 1 heterocycles. The highest BCUT2D eigenvalue weighted by Crippen LogP contribution is 2.18. The molecular formula is C11H22N2O3. The lowest BCUT2D eigenvalue weighted by Gasteiger charge is -2.36. The van der Waals surface area contributed by atoms with Crippen molar-refractivity contribution in [1.29, 1.82) is 0 Å². The van der Waals surface area contributed by atoms with Crippen LogP contribution in [0.5, 0.6) is 0 Å². The van der Waals surface area contributed by atoms with Gasteiger partial charge < -0.3 is 20.5 Å². The summed E-state index contributed by atoms with van der Waals surface area (Å²) in [5.41, 5.74) is 5.39. The molecule has 0 aromatic rings. The van der Waals surface area contributed by atoms with Crippen LogP contribution in [0.3, 0.4) is 0 Å². The number of aliphatic hydroxyl groups is 1. The third kappa shape index (κ3) is 3.64. The molecule has 1 rings (SSSR count). The zero-order chi connectivity index (χ0) is 12.3. The fourth-order valence-electron chi connectivity index (χ4n) is 1.75. The number of ether oxygens (including phenoxy) is 1. The predicted molar refractivity (Wildman–Crippen MR) is 61.0 cm³/mol. The summed E-state index contributed by atoms with van der Waals surface area (Å²) < 4.78 is 5.26. The standard InChI is InChI=1S/C11H22N2O3/c1-11(2,3)16-10(15)13-5-4-8(7-14)9(12)6-13/h8-9,14H,4-7,12H2,1-3H3/t8-,9-/m0/s1. The van der Waals surface area contributed by atoms with Gasteiger partial charge in [0.2, 0.25) is 0 Å². The molecule has 1 saturated heterocycles. The lowest BCUT2D eigenvalue weighted by atomic mass is 9.93. The molecule has 0 spiro atoms. The molecule has 1 amide bonds. The molecule has 5 heteroatoms. The number of carbonyl (C=O) groups excluding carboxylic acids is 1. The summed E-state index contributed by atoms with van der Waals surface area (Å²) in [6.45, 7) is 6.67. The smallest absolute Gasteiger partial charge is 0.410 e. The summed E-state index contributed by atoms with van der Waals surface area (Å²) in [6.07, 6.45) is 0.413. The molecule has 5 nitrogen and oxygen atoms in total. The maximum Gasteiger partial charge on any atom is 0.410 e. The molecule has 1 fully saturated rings. The molecule has 2 atom stereocenters. The fourth-order valence-corrected chi connectivity index (χ4v) is 1.75. The second-order valence-electron chi connectivity index (χ2n) is 5.32. The second kappa shape index (κ2) is 5.01. The van der Waals surface area contributed by atoms with Crippen LogP contribution in [0.2, 0.25) is 0 Å². The van der Waals surface area contributed by atoms with E-state index in [2.05, 4.69) is 0 Å². The van der Waals surface area contributed by atoms with E-state index >= 15 is 0 Å². The molecule has 0 unspecified atom stereocenters. The highest BCUT2D eigenvalue weighted by molar-refractivity contribution is 5.68. The maximum atomic E-state index is 11.7. The number of carbonyl (C=O) groups is 1. The van der Waals surface area contributed by atoms with Gasteiger partial charge in [0.1, 0.15) is 5.60 Å². The Morgan fingerprint density at radius 1 is 1.56 bits per heavy atom. The topological polar surface area (TPSA) is 75.8 Å². The monoisotopic (exact) mass is 230 g/mol. The van der Waals surface area contributed by atoms with Gasteiger partial charge in [0.15, 0.2) is 0 Å². The van der Waals surface area contributed by atoms with Gasteiger partial charge in [-0.2, -0.15) is 0 Å². The molecule has 0 radical (unpaired) electrons. The molecule has 94 valence electrons. The van der Waals surface area contributed by atoms with Gasteiger partial charge in [-0.05, 0) is 27.2 Å². The summed E-state index contributed by atoms with van der Waals surface area (Å²) in [7, 11) is 0. The number of hydrogen-bond donors (Lipinski definition) is 2. The number of nitrogens with two attached hydrogens (primary N) is 1. The first-order valence-electron chi connectivity index (χ1n) is 5.68. The van der Waals surface area contributed by atoms with Crippen LogP contribution in [-0.4, -0.2) is 47.4 Å². The van der Waals surface area contributed by atoms with Crippen molar-refractivity contribution in [2.75, 3.05) is 19.7 Å². The van der Waals surface area contributed by atoms with Crippen LogP contribution in [0.4, 0.5) is 4.79 Å². The number of amides is 1. The van der Waals surface area contributed by atoms with E-state index < -0.39 is 5.60 Å². The molecule has 1 aliphatic heterocycles. The van der Waals surface area contributed by atoms with E-state index in [0.29, 0.717) is 13.1 Å². The maximum absolute atomic E-state index is 11.7. The fraction of sp³-hybridized carbons (Fsp3) is 0.909. The summed E-state index contributed by atoms with van der Waals surface area (Å²) in [4.78, 5) is 13.4. The average molecular weight is 230 g/mol. The SMILES string of the molecule is CC(C)(C)OC(=O)N1CC[C@@H](CO)[C@@H](N)C1. The largest absolute Gasteiger partial charge is 0.444 e. The molecule has 0 aromatic carbocycles. The Morgan fingerprint density at radius 3 is 2.62 bits per heavy atom. The van der Waals surface area contributed by atoms with Gasteiger partial charge in [-0.15, -0.1) is 0 Å². The predicted octanol–water partition coefficient (Wildman–Crippen LogP) is 0.563. The van der Waals surface area contributed by atoms with Crippen LogP contribution in [0.1, 0.15) is 27.2 Å². The van der Waals surface area contributed by atoms with Crippen LogP contribution < -0.4 is 5.73 Å². The summed E-state index contributed by atoms with van der Waals surface area (Å²) in [6, 6.07) is -0.161. The van der Waals surface area contributed by atoms with E-state index in [-0.39, 0.29) is 24.7 Å². The van der Waals surface area contributed by atoms with Gasteiger partial charge in [-0.1, -0.05) is 0 Å². The van der Waals surface area contributed by atoms with Crippen LogP contribution in [0.15, 0.2) is 0 Å². The average Bonchev–Trinajstić information content (AvgIpc) is 2.15. The van der Waals surface area contributed by atoms with Gasteiger partial charge in [-0.3, -0.25) is 0 Å². The lowest BCUT2D eigenvalue weighted by molar-refractivity contribution is 0.0127. The van der Waals surface area contributed by atoms with E-state index in [1.807, 2.05) is 20.8 Å². The highest BCUT2D eigenvalue weighted by Gasteiger charge is 2.30. The Bertz CT molecular complexity index is 250. The lowest BCUT2D eigenvalue weighted by Crippen LogP contribution is -2.52. The van der Waals surface area contributed by atoms with Gasteiger partial charge >= 0.3 is 6.09 Å². The van der Waals surface area contributed by atoms with Gasteiger partial charge in [0.25, 0.3) is 0 Å². The Balaban J connectivity index is 2.48. The van der Waals surface area contributed by atoms with E-state index in [1.165, 1.54) is 0 Å². The van der Waals surface area contributed by atoms with Crippen molar-refractivity contribution < 1.29 is 14.6 Å². The normalized spacial score (nSPS) is 26.7. The highest BCUT2D eigenvalue weighted by atomic mass is 16.6. The van der Waals surface area contributed by atoms with Gasteiger partial charge in [-0.25, -0.2) is 4.79 Å². The van der Waals surface area contributed by atoms with E-state index in [9.17, 15) is 4.79 Å². The molecular weight excluding hydrogens is 208 g/mol. The summed E-state index contributed by atoms with van der Waals surface area (Å²) >= 11 is 0. The van der Waals surface area contributed by atoms with E-state index in [0.717, 1.165) is 6.42 Å². The Labute approximate surface area is 96.6 Å². The summed E-state index contributed by atoms with van der Waals surface area (Å²) in [5.74, 6) is 0.0960. The quantitative estimate of drug-likeness (QED) is 0.690. The van der Waals surface area contributed by atoms with Crippen molar-refractivity contribution in [3.63, 3.8) is 0 Å². The number of aliphatic hydroxyl groups excluding tert-OH is 1. The van der Waals surface area contributed by atoms with Gasteiger partial charge in [0.05, 0.1) is 0 Å². The Hall–Kier alpha value is -0.810. The zero-order valence-corrected chi connectivity index (χ0v) is 10.3. The first-order valence-corrected chi connectivity index (χ1v) is 5.68. The molecule has 1 aliphatic rings. The van der Waals surface area contributed by atoms with Crippen molar-refractivity contribution in [2.45, 2.75) is 38.8 Å². The van der Waals surface area contributed by atoms with Crippen molar-refractivity contribution in [2.24, 2.45) is 11.7 Å². The molecule has 3 N–H and O–H groups in total. The third-order valence-corrected chi connectivity index (χ3v) is 2.69. The number of rotatable bonds is 1. The first kappa shape index (κ1) is 13.3. The molecule has 0 bridgehead atoms. The number of piperidine rings is 1. The van der Waals surface area contributed by atoms with Crippen molar-refractivity contribution >= 4 is 6.09 Å². The van der Waals surface area contributed by atoms with Crippen LogP contribution in [0.25, 0.3) is 0 Å². The zero-order valence-electron chi connectivity index (χ0n) is 10.3. The second-order valence-corrected chi connectivity index (χ2v) is 5.32. The first-order chi connectivity index (χ1) is 7.33. The number of likely N-dealkylation sites (tertiary alicyclic amines) is 1. The third-order valence-electron chi connectivity index (χ3n) is 2.69. The van der Waals surface area contributed by atoms with Crippen molar-refractivity contribution in [3.05, 3.63) is 0 Å². The number of nitrogens with zero attached hydrogens (tertiary/aromatic N) is 1. The van der Waals surface area contributed by atoms with Crippen LogP contribution >= 0.6 is 0 Å². The number of hydrogen-bond acceptors (Lipinski definition) is 4. The minimum atomic E-state index is -0.477. The van der Waals surface area contributed by atoms with Crippen molar-refractivity contribution in [1.82, 2.24) is 4.90 Å². The van der Waals surface area contributed by atoms with Crippen LogP contribution in [-0.2, 0) is 4.74 Å². The minimum absolute atomic E-state index is 0.0866. The van der Waals surface area contributed by atoms with Crippen molar-refractivity contribution in [3.8, 4) is 0 Å². The van der Waals surface area contributed by atoms with Gasteiger partial charge in [0, 0.05) is 31.7 Å². The molecule has 0 aromatic heterocycles. The van der Waals surface area contributed by atoms with Crippen LogP contribution in [0, 0.1) is 5.92 Å². The molecule has 16 heavy (non-hydrogen) atoms. The Morgan fingerprint density at radius 2 is 2.19 bits per heavy atom. The van der Waals surface area contributed by atoms with E-state index in [4.69, 9.17) is 15.6 Å². The molecule has 0 saturated carbocycles.